The van der Waals surface area contributed by atoms with E-state index in [4.69, 9.17) is 34.8 Å². The Morgan fingerprint density at radius 1 is 1.13 bits per heavy atom. The van der Waals surface area contributed by atoms with E-state index in [1.807, 2.05) is 43.3 Å². The monoisotopic (exact) mass is 484 g/mol. The van der Waals surface area contributed by atoms with Crippen molar-refractivity contribution in [3.8, 4) is 0 Å². The number of rotatable bonds is 3. The molecule has 1 fully saturated rings. The lowest BCUT2D eigenvalue weighted by molar-refractivity contribution is -0.138. The molecule has 0 radical (unpaired) electrons. The van der Waals surface area contributed by atoms with Gasteiger partial charge >= 0.3 is 0 Å². The molecule has 0 bridgehead atoms. The number of carbonyl (C=O) groups is 1. The van der Waals surface area contributed by atoms with Gasteiger partial charge in [0, 0.05) is 31.1 Å². The maximum atomic E-state index is 13.8. The third kappa shape index (κ3) is 3.80. The zero-order valence-corrected chi connectivity index (χ0v) is 19.0. The highest BCUT2D eigenvalue weighted by Crippen LogP contribution is 2.42. The Bertz CT molecular complexity index is 1070. The van der Waals surface area contributed by atoms with E-state index in [-0.39, 0.29) is 17.0 Å². The zero-order chi connectivity index (χ0) is 21.6. The Labute approximate surface area is 192 Å². The maximum Gasteiger partial charge on any atom is 0.249 e. The molecule has 2 aliphatic rings. The van der Waals surface area contributed by atoms with Gasteiger partial charge in [0.1, 0.15) is 11.2 Å². The van der Waals surface area contributed by atoms with Crippen LogP contribution in [0.2, 0.25) is 10.0 Å². The molecular weight excluding hydrogens is 470 g/mol. The first kappa shape index (κ1) is 21.4. The van der Waals surface area contributed by atoms with E-state index >= 15 is 0 Å². The number of benzene rings is 2. The fourth-order valence-electron chi connectivity index (χ4n) is 3.24. The lowest BCUT2D eigenvalue weighted by atomic mass is 9.94. The van der Waals surface area contributed by atoms with Gasteiger partial charge in [0.15, 0.2) is 5.17 Å². The number of amidine groups is 1. The third-order valence-corrected chi connectivity index (χ3v) is 6.88. The van der Waals surface area contributed by atoms with Crippen molar-refractivity contribution >= 4 is 69.0 Å². The predicted molar refractivity (Wildman–Crippen MR) is 123 cm³/mol. The van der Waals surface area contributed by atoms with E-state index in [0.29, 0.717) is 27.2 Å². The average molecular weight is 486 g/mol. The van der Waals surface area contributed by atoms with Gasteiger partial charge < -0.3 is 4.90 Å². The molecule has 1 amide bonds. The number of carbonyl (C=O) groups excluding carboxylic acids is 1. The molecule has 156 valence electrons. The minimum absolute atomic E-state index is 0.0561. The number of nitrogens with zero attached hydrogens (tertiary/aromatic N) is 4. The van der Waals surface area contributed by atoms with Gasteiger partial charge in [-0.2, -0.15) is 5.10 Å². The van der Waals surface area contributed by atoms with Crippen molar-refractivity contribution in [2.75, 3.05) is 24.7 Å². The second-order valence-corrected chi connectivity index (χ2v) is 9.23. The summed E-state index contributed by atoms with van der Waals surface area (Å²) < 4.78 is 13.8. The predicted octanol–water partition coefficient (Wildman–Crippen LogP) is 5.20. The van der Waals surface area contributed by atoms with Crippen molar-refractivity contribution in [2.45, 2.75) is 11.4 Å². The molecule has 0 spiro atoms. The smallest absolute Gasteiger partial charge is 0.249 e. The van der Waals surface area contributed by atoms with Gasteiger partial charge in [0.2, 0.25) is 5.91 Å². The van der Waals surface area contributed by atoms with Gasteiger partial charge in [-0.1, -0.05) is 47.1 Å². The van der Waals surface area contributed by atoms with Crippen LogP contribution in [-0.4, -0.2) is 46.9 Å². The summed E-state index contributed by atoms with van der Waals surface area (Å²) in [4.78, 5) is 16.0. The van der Waals surface area contributed by atoms with Gasteiger partial charge in [0.25, 0.3) is 0 Å². The van der Waals surface area contributed by atoms with E-state index < -0.39 is 11.2 Å². The number of β-lactam (4-membered cyclic amide) rings is 1. The number of alkyl halides is 1. The van der Waals surface area contributed by atoms with Crippen molar-refractivity contribution in [3.63, 3.8) is 0 Å². The Morgan fingerprint density at radius 3 is 2.43 bits per heavy atom. The van der Waals surface area contributed by atoms with Crippen LogP contribution in [0.25, 0.3) is 0 Å². The summed E-state index contributed by atoms with van der Waals surface area (Å²) in [7, 11) is 3.92. The first-order chi connectivity index (χ1) is 14.3. The van der Waals surface area contributed by atoms with Crippen molar-refractivity contribution < 1.29 is 9.18 Å². The summed E-state index contributed by atoms with van der Waals surface area (Å²) in [6.07, 6.45) is 0. The van der Waals surface area contributed by atoms with E-state index in [9.17, 15) is 9.18 Å². The third-order valence-electron chi connectivity index (χ3n) is 4.90. The molecule has 30 heavy (non-hydrogen) atoms. The molecule has 2 aliphatic heterocycles. The second kappa shape index (κ2) is 8.38. The van der Waals surface area contributed by atoms with Gasteiger partial charge in [0.05, 0.1) is 21.8 Å². The fourth-order valence-corrected chi connectivity index (χ4v) is 5.02. The second-order valence-electron chi connectivity index (χ2n) is 7.00. The highest BCUT2D eigenvalue weighted by molar-refractivity contribution is 8.14. The largest absolute Gasteiger partial charge is 0.378 e. The first-order valence-electron chi connectivity index (χ1n) is 8.94. The summed E-state index contributed by atoms with van der Waals surface area (Å²) in [5.41, 5.74) is 2.90. The number of hydrogen-bond acceptors (Lipinski definition) is 5. The summed E-state index contributed by atoms with van der Waals surface area (Å²) in [5.74, 6) is -0.427. The molecule has 0 saturated carbocycles. The van der Waals surface area contributed by atoms with Crippen LogP contribution in [0.5, 0.6) is 0 Å². The number of halogens is 4. The van der Waals surface area contributed by atoms with E-state index in [1.165, 1.54) is 23.9 Å². The standard InChI is InChI=1S/C20H16Cl3FN4OS/c1-27(2)11-5-3-10(4-6-11)18-17(23)19(29)28(18)20-26-25-16(9-30-20)12-7-15(24)14(22)8-13(12)21/h3-8,17-18H,9H2,1-2H3. The molecule has 5 nitrogen and oxygen atoms in total. The lowest BCUT2D eigenvalue weighted by Crippen LogP contribution is -2.58. The molecule has 2 heterocycles. The molecule has 2 unspecified atom stereocenters. The lowest BCUT2D eigenvalue weighted by Gasteiger charge is -2.44. The van der Waals surface area contributed by atoms with Crippen LogP contribution in [0.1, 0.15) is 17.2 Å². The Morgan fingerprint density at radius 2 is 1.83 bits per heavy atom. The van der Waals surface area contributed by atoms with Gasteiger partial charge in [-0.3, -0.25) is 9.69 Å². The quantitative estimate of drug-likeness (QED) is 0.341. The number of likely N-dealkylation sites (tertiary alicyclic amines) is 1. The summed E-state index contributed by atoms with van der Waals surface area (Å²) in [5, 5.41) is 8.41. The number of anilines is 1. The van der Waals surface area contributed by atoms with E-state index in [2.05, 4.69) is 10.2 Å². The Balaban J connectivity index is 1.60. The van der Waals surface area contributed by atoms with Gasteiger partial charge in [-0.25, -0.2) is 4.39 Å². The molecule has 0 aromatic heterocycles. The normalized spacial score (nSPS) is 21.1. The van der Waals surface area contributed by atoms with E-state index in [0.717, 1.165) is 11.3 Å². The van der Waals surface area contributed by atoms with Crippen LogP contribution in [0, 0.1) is 5.82 Å². The molecule has 2 aromatic carbocycles. The van der Waals surface area contributed by atoms with Crippen molar-refractivity contribution in [1.82, 2.24) is 4.90 Å². The summed E-state index contributed by atoms with van der Waals surface area (Å²) in [6.45, 7) is 0. The molecule has 4 rings (SSSR count). The summed E-state index contributed by atoms with van der Waals surface area (Å²) >= 11 is 19.6. The zero-order valence-electron chi connectivity index (χ0n) is 15.9. The van der Waals surface area contributed by atoms with Crippen LogP contribution in [-0.2, 0) is 4.79 Å². The molecule has 0 N–H and O–H groups in total. The Hall–Kier alpha value is -1.80. The van der Waals surface area contributed by atoms with Crippen molar-refractivity contribution in [2.24, 2.45) is 10.2 Å². The molecule has 0 aliphatic carbocycles. The number of thioether (sulfide) groups is 1. The van der Waals surface area contributed by atoms with Crippen molar-refractivity contribution in [1.29, 1.82) is 0 Å². The van der Waals surface area contributed by atoms with Crippen LogP contribution < -0.4 is 4.90 Å². The Kier molecular flexibility index (Phi) is 5.99. The highest BCUT2D eigenvalue weighted by atomic mass is 35.5. The fraction of sp³-hybridized carbons (Fsp3) is 0.250. The van der Waals surface area contributed by atoms with Crippen LogP contribution in [0.15, 0.2) is 46.6 Å². The van der Waals surface area contributed by atoms with Gasteiger partial charge in [-0.15, -0.1) is 16.7 Å². The van der Waals surface area contributed by atoms with Crippen LogP contribution in [0.4, 0.5) is 10.1 Å². The minimum atomic E-state index is -0.663. The molecule has 1 saturated heterocycles. The number of amides is 1. The first-order valence-corrected chi connectivity index (χ1v) is 11.1. The molecule has 10 heteroatoms. The minimum Gasteiger partial charge on any atom is -0.378 e. The van der Waals surface area contributed by atoms with Crippen LogP contribution in [0.3, 0.4) is 0 Å². The SMILES string of the molecule is CN(C)c1ccc(C2C(Cl)C(=O)N2C2=NN=C(c3cc(F)c(Cl)cc3Cl)CS2)cc1. The maximum absolute atomic E-state index is 13.8. The topological polar surface area (TPSA) is 48.3 Å². The van der Waals surface area contributed by atoms with Crippen molar-refractivity contribution in [3.05, 3.63) is 63.4 Å². The number of hydrogen-bond donors (Lipinski definition) is 0. The summed E-state index contributed by atoms with van der Waals surface area (Å²) in [6, 6.07) is 10.1. The molecule has 2 atom stereocenters. The highest BCUT2D eigenvalue weighted by Gasteiger charge is 2.50. The average Bonchev–Trinajstić information content (AvgIpc) is 2.74. The van der Waals surface area contributed by atoms with Gasteiger partial charge in [-0.05, 0) is 29.8 Å². The van der Waals surface area contributed by atoms with Crippen LogP contribution >= 0.6 is 46.6 Å². The molecular formula is C20H16Cl3FN4OS. The van der Waals surface area contributed by atoms with E-state index in [1.54, 1.807) is 4.90 Å². The molecule has 2 aromatic rings.